The van der Waals surface area contributed by atoms with Gasteiger partial charge in [-0.1, -0.05) is 42.1 Å². The van der Waals surface area contributed by atoms with Gasteiger partial charge in [-0.3, -0.25) is 0 Å². The van der Waals surface area contributed by atoms with E-state index in [1.807, 2.05) is 0 Å². The average molecular weight is 342 g/mol. The van der Waals surface area contributed by atoms with E-state index in [9.17, 15) is 0 Å². The van der Waals surface area contributed by atoms with Crippen molar-refractivity contribution in [1.29, 1.82) is 0 Å². The maximum atomic E-state index is 3.76. The molecule has 0 saturated heterocycles. The van der Waals surface area contributed by atoms with E-state index in [1.165, 1.54) is 47.9 Å². The summed E-state index contributed by atoms with van der Waals surface area (Å²) in [5.41, 5.74) is 0. The third-order valence-corrected chi connectivity index (χ3v) is 5.65. The van der Waals surface area contributed by atoms with E-state index in [1.54, 1.807) is 0 Å². The maximum Gasteiger partial charge on any atom is 0.0248 e. The van der Waals surface area contributed by atoms with Crippen molar-refractivity contribution in [3.63, 3.8) is 0 Å². The molecule has 0 heterocycles. The Bertz CT molecular complexity index is 366. The van der Waals surface area contributed by atoms with Gasteiger partial charge in [0, 0.05) is 20.7 Å². The molecule has 3 heteroatoms. The van der Waals surface area contributed by atoms with Gasteiger partial charge in [-0.05, 0) is 50.1 Å². The van der Waals surface area contributed by atoms with Crippen LogP contribution in [0.1, 0.15) is 45.4 Å². The van der Waals surface area contributed by atoms with Gasteiger partial charge in [0.15, 0.2) is 0 Å². The van der Waals surface area contributed by atoms with Crippen molar-refractivity contribution in [3.05, 3.63) is 28.7 Å². The van der Waals surface area contributed by atoms with Crippen LogP contribution < -0.4 is 5.32 Å². The van der Waals surface area contributed by atoms with E-state index in [-0.39, 0.29) is 0 Å². The second-order valence-electron chi connectivity index (χ2n) is 5.31. The van der Waals surface area contributed by atoms with E-state index in [2.05, 4.69) is 64.2 Å². The Balaban J connectivity index is 1.98. The first-order valence-corrected chi connectivity index (χ1v) is 9.12. The zero-order chi connectivity index (χ0) is 13.5. The lowest BCUT2D eigenvalue weighted by Gasteiger charge is -2.25. The molecule has 1 aliphatic carbocycles. The van der Waals surface area contributed by atoms with Crippen LogP contribution >= 0.6 is 27.7 Å². The summed E-state index contributed by atoms with van der Waals surface area (Å²) in [6.07, 6.45) is 8.10. The van der Waals surface area contributed by atoms with Gasteiger partial charge in [0.25, 0.3) is 0 Å². The fourth-order valence-corrected chi connectivity index (χ4v) is 4.25. The zero-order valence-corrected chi connectivity index (χ0v) is 14.1. The number of halogens is 1. The highest BCUT2D eigenvalue weighted by molar-refractivity contribution is 9.10. The predicted molar refractivity (Wildman–Crippen MR) is 89.0 cm³/mol. The van der Waals surface area contributed by atoms with E-state index in [4.69, 9.17) is 0 Å². The molecule has 0 bridgehead atoms. The molecule has 1 aromatic carbocycles. The Morgan fingerprint density at radius 1 is 1.16 bits per heavy atom. The van der Waals surface area contributed by atoms with Crippen molar-refractivity contribution >= 4 is 27.7 Å². The Morgan fingerprint density at radius 2 is 1.89 bits per heavy atom. The first-order chi connectivity index (χ1) is 9.29. The van der Waals surface area contributed by atoms with Crippen molar-refractivity contribution in [2.45, 2.75) is 61.6 Å². The summed E-state index contributed by atoms with van der Waals surface area (Å²) in [5, 5.41) is 4.49. The molecule has 0 radical (unpaired) electrons. The van der Waals surface area contributed by atoms with Crippen LogP contribution in [0.15, 0.2) is 33.6 Å². The highest BCUT2D eigenvalue weighted by atomic mass is 79.9. The minimum absolute atomic E-state index is 0.691. The molecule has 1 nitrogen and oxygen atoms in total. The molecule has 1 saturated carbocycles. The van der Waals surface area contributed by atoms with E-state index >= 15 is 0 Å². The smallest absolute Gasteiger partial charge is 0.0248 e. The van der Waals surface area contributed by atoms with Crippen LogP contribution in [-0.2, 0) is 0 Å². The largest absolute Gasteiger partial charge is 0.313 e. The van der Waals surface area contributed by atoms with E-state index in [0.29, 0.717) is 6.04 Å². The van der Waals surface area contributed by atoms with E-state index in [0.717, 1.165) is 11.8 Å². The molecule has 0 spiro atoms. The summed E-state index contributed by atoms with van der Waals surface area (Å²) >= 11 is 5.57. The molecular weight excluding hydrogens is 318 g/mol. The van der Waals surface area contributed by atoms with Crippen LogP contribution in [0.4, 0.5) is 0 Å². The summed E-state index contributed by atoms with van der Waals surface area (Å²) in [5.74, 6) is 0. The van der Waals surface area contributed by atoms with Crippen molar-refractivity contribution in [3.8, 4) is 0 Å². The molecule has 1 fully saturated rings. The lowest BCUT2D eigenvalue weighted by Crippen LogP contribution is -2.37. The molecule has 0 amide bonds. The number of benzene rings is 1. The number of nitrogens with one attached hydrogen (secondary N) is 1. The molecule has 19 heavy (non-hydrogen) atoms. The van der Waals surface area contributed by atoms with Crippen LogP contribution in [0.2, 0.25) is 0 Å². The average Bonchev–Trinajstić information content (AvgIpc) is 2.64. The van der Waals surface area contributed by atoms with Crippen LogP contribution in [-0.4, -0.2) is 17.8 Å². The normalized spacial score (nSPS) is 24.1. The van der Waals surface area contributed by atoms with Gasteiger partial charge in [-0.15, -0.1) is 11.8 Å². The number of thioether (sulfide) groups is 1. The van der Waals surface area contributed by atoms with Crippen molar-refractivity contribution in [2.24, 2.45) is 0 Å². The summed E-state index contributed by atoms with van der Waals surface area (Å²) < 4.78 is 1.17. The van der Waals surface area contributed by atoms with Gasteiger partial charge in [0.1, 0.15) is 0 Å². The third kappa shape index (κ3) is 5.13. The highest BCUT2D eigenvalue weighted by Crippen LogP contribution is 2.33. The van der Waals surface area contributed by atoms with Crippen molar-refractivity contribution in [2.75, 3.05) is 6.54 Å². The zero-order valence-electron chi connectivity index (χ0n) is 11.7. The molecule has 2 rings (SSSR count). The molecule has 106 valence electrons. The first kappa shape index (κ1) is 15.4. The van der Waals surface area contributed by atoms with Gasteiger partial charge in [0.2, 0.25) is 0 Å². The number of rotatable bonds is 5. The second kappa shape index (κ2) is 8.33. The Hall–Kier alpha value is 0.01000. The Labute approximate surface area is 130 Å². The first-order valence-electron chi connectivity index (χ1n) is 7.45. The number of hydrogen-bond acceptors (Lipinski definition) is 2. The summed E-state index contributed by atoms with van der Waals surface area (Å²) in [4.78, 5) is 1.40. The van der Waals surface area contributed by atoms with Gasteiger partial charge >= 0.3 is 0 Å². The topological polar surface area (TPSA) is 12.0 Å². The SMILES string of the molecule is CCCNC1CCCCCC1Sc1ccc(Br)cc1. The predicted octanol–water partition coefficient (Wildman–Crippen LogP) is 5.24. The summed E-state index contributed by atoms with van der Waals surface area (Å²) in [7, 11) is 0. The Kier molecular flexibility index (Phi) is 6.75. The quantitative estimate of drug-likeness (QED) is 0.734. The highest BCUT2D eigenvalue weighted by Gasteiger charge is 2.23. The minimum Gasteiger partial charge on any atom is -0.313 e. The second-order valence-corrected chi connectivity index (χ2v) is 7.54. The molecule has 1 N–H and O–H groups in total. The molecular formula is C16H24BrNS. The molecule has 1 aromatic rings. The molecule has 2 atom stereocenters. The molecule has 0 aliphatic heterocycles. The lowest BCUT2D eigenvalue weighted by molar-refractivity contribution is 0.470. The fourth-order valence-electron chi connectivity index (χ4n) is 2.67. The van der Waals surface area contributed by atoms with E-state index < -0.39 is 0 Å². The maximum absolute atomic E-state index is 3.76. The minimum atomic E-state index is 0.691. The standard InChI is InChI=1S/C16H24BrNS/c1-2-12-18-15-6-4-3-5-7-16(15)19-14-10-8-13(17)9-11-14/h8-11,15-16,18H,2-7,12H2,1H3. The monoisotopic (exact) mass is 341 g/mol. The fraction of sp³-hybridized carbons (Fsp3) is 0.625. The van der Waals surface area contributed by atoms with Gasteiger partial charge in [0.05, 0.1) is 0 Å². The summed E-state index contributed by atoms with van der Waals surface area (Å²) in [6, 6.07) is 9.45. The molecule has 2 unspecified atom stereocenters. The van der Waals surface area contributed by atoms with Gasteiger partial charge < -0.3 is 5.32 Å². The Morgan fingerprint density at radius 3 is 2.63 bits per heavy atom. The van der Waals surface area contributed by atoms with Crippen LogP contribution in [0, 0.1) is 0 Å². The van der Waals surface area contributed by atoms with Crippen LogP contribution in [0.25, 0.3) is 0 Å². The van der Waals surface area contributed by atoms with Crippen molar-refractivity contribution in [1.82, 2.24) is 5.32 Å². The van der Waals surface area contributed by atoms with Crippen molar-refractivity contribution < 1.29 is 0 Å². The third-order valence-electron chi connectivity index (χ3n) is 3.71. The van der Waals surface area contributed by atoms with Crippen LogP contribution in [0.5, 0.6) is 0 Å². The van der Waals surface area contributed by atoms with Gasteiger partial charge in [-0.2, -0.15) is 0 Å². The lowest BCUT2D eigenvalue weighted by atomic mass is 10.1. The number of hydrogen-bond donors (Lipinski definition) is 1. The summed E-state index contributed by atoms with van der Waals surface area (Å²) in [6.45, 7) is 3.41. The molecule has 0 aromatic heterocycles. The van der Waals surface area contributed by atoms with Crippen LogP contribution in [0.3, 0.4) is 0 Å². The molecule has 1 aliphatic rings. The van der Waals surface area contributed by atoms with Gasteiger partial charge in [-0.25, -0.2) is 0 Å².